The Morgan fingerprint density at radius 2 is 1.71 bits per heavy atom. The Balaban J connectivity index is 2.66. The standard InChI is InChI=1S/C22H35NO5/c1-7-23-22(14-26-17(2)3,15-27-18(4)5)16-28-19(6)21(24)25-13-20-11-9-8-10-12-20/h8-12,18-19,23H,2,7,13-16H2,1,3-6H3. The third-order valence-electron chi connectivity index (χ3n) is 4.01. The summed E-state index contributed by atoms with van der Waals surface area (Å²) in [5, 5.41) is 3.39. The van der Waals surface area contributed by atoms with Gasteiger partial charge in [-0.3, -0.25) is 0 Å². The van der Waals surface area contributed by atoms with E-state index in [0.29, 0.717) is 25.5 Å². The SMILES string of the molecule is C=C(C)OCC(COC(C)C)(COC(C)C(=O)OCc1ccccc1)NCC. The van der Waals surface area contributed by atoms with Crippen molar-refractivity contribution in [1.29, 1.82) is 0 Å². The average Bonchev–Trinajstić information content (AvgIpc) is 2.67. The van der Waals surface area contributed by atoms with E-state index in [0.717, 1.165) is 5.56 Å². The highest BCUT2D eigenvalue weighted by Crippen LogP contribution is 2.14. The molecule has 158 valence electrons. The van der Waals surface area contributed by atoms with Crippen LogP contribution in [0.4, 0.5) is 0 Å². The smallest absolute Gasteiger partial charge is 0.335 e. The lowest BCUT2D eigenvalue weighted by atomic mass is 10.0. The van der Waals surface area contributed by atoms with Gasteiger partial charge in [0.05, 0.1) is 30.6 Å². The molecule has 0 aliphatic carbocycles. The lowest BCUT2D eigenvalue weighted by Gasteiger charge is -2.35. The lowest BCUT2D eigenvalue weighted by molar-refractivity contribution is -0.160. The maximum absolute atomic E-state index is 12.3. The van der Waals surface area contributed by atoms with Gasteiger partial charge in [0.2, 0.25) is 0 Å². The molecular weight excluding hydrogens is 358 g/mol. The second kappa shape index (κ2) is 12.5. The van der Waals surface area contributed by atoms with Crippen LogP contribution in [0.1, 0.15) is 40.2 Å². The summed E-state index contributed by atoms with van der Waals surface area (Å²) < 4.78 is 22.7. The molecule has 1 aromatic carbocycles. The molecule has 0 aliphatic rings. The van der Waals surface area contributed by atoms with E-state index in [1.165, 1.54) is 0 Å². The fourth-order valence-corrected chi connectivity index (χ4v) is 2.44. The molecule has 1 aromatic rings. The van der Waals surface area contributed by atoms with Crippen molar-refractivity contribution in [3.05, 3.63) is 48.2 Å². The van der Waals surface area contributed by atoms with Gasteiger partial charge in [-0.2, -0.15) is 0 Å². The number of allylic oxidation sites excluding steroid dienone is 1. The van der Waals surface area contributed by atoms with Crippen LogP contribution in [0.2, 0.25) is 0 Å². The van der Waals surface area contributed by atoms with Crippen molar-refractivity contribution in [3.63, 3.8) is 0 Å². The van der Waals surface area contributed by atoms with Gasteiger partial charge >= 0.3 is 5.97 Å². The minimum absolute atomic E-state index is 0.0659. The summed E-state index contributed by atoms with van der Waals surface area (Å²) in [6, 6.07) is 9.55. The van der Waals surface area contributed by atoms with Crippen molar-refractivity contribution in [2.75, 3.05) is 26.4 Å². The molecule has 1 rings (SSSR count). The molecule has 0 spiro atoms. The first-order valence-electron chi connectivity index (χ1n) is 9.75. The summed E-state index contributed by atoms with van der Waals surface area (Å²) in [5.41, 5.74) is 0.344. The molecule has 0 bridgehead atoms. The van der Waals surface area contributed by atoms with Crippen LogP contribution in [-0.2, 0) is 30.3 Å². The normalized spacial score (nSPS) is 14.4. The molecule has 0 saturated carbocycles. The number of hydrogen-bond donors (Lipinski definition) is 1. The Morgan fingerprint density at radius 1 is 1.07 bits per heavy atom. The maximum atomic E-state index is 12.3. The zero-order valence-electron chi connectivity index (χ0n) is 17.8. The van der Waals surface area contributed by atoms with Crippen LogP contribution >= 0.6 is 0 Å². The van der Waals surface area contributed by atoms with Crippen LogP contribution < -0.4 is 5.32 Å². The van der Waals surface area contributed by atoms with E-state index in [-0.39, 0.29) is 19.3 Å². The number of carbonyl (C=O) groups excluding carboxylic acids is 1. The van der Waals surface area contributed by atoms with E-state index in [4.69, 9.17) is 18.9 Å². The third-order valence-corrected chi connectivity index (χ3v) is 4.01. The Morgan fingerprint density at radius 3 is 2.29 bits per heavy atom. The van der Waals surface area contributed by atoms with Crippen LogP contribution in [0.5, 0.6) is 0 Å². The molecule has 6 heteroatoms. The number of nitrogens with one attached hydrogen (secondary N) is 1. The Bertz CT molecular complexity index is 590. The molecule has 28 heavy (non-hydrogen) atoms. The van der Waals surface area contributed by atoms with Crippen molar-refractivity contribution in [1.82, 2.24) is 5.32 Å². The third kappa shape index (κ3) is 9.35. The molecule has 2 atom stereocenters. The molecule has 2 unspecified atom stereocenters. The summed E-state index contributed by atoms with van der Waals surface area (Å²) >= 11 is 0. The van der Waals surface area contributed by atoms with Gasteiger partial charge in [-0.05, 0) is 39.8 Å². The van der Waals surface area contributed by atoms with Crippen molar-refractivity contribution in [3.8, 4) is 0 Å². The van der Waals surface area contributed by atoms with Crippen molar-refractivity contribution in [2.45, 2.75) is 59.0 Å². The number of hydrogen-bond acceptors (Lipinski definition) is 6. The van der Waals surface area contributed by atoms with Crippen LogP contribution in [0.15, 0.2) is 42.7 Å². The van der Waals surface area contributed by atoms with Gasteiger partial charge in [0.15, 0.2) is 6.10 Å². The van der Waals surface area contributed by atoms with E-state index < -0.39 is 17.6 Å². The van der Waals surface area contributed by atoms with E-state index in [9.17, 15) is 4.79 Å². The minimum atomic E-state index is -0.703. The molecule has 0 heterocycles. The number of rotatable bonds is 14. The predicted octanol–water partition coefficient (Wildman–Crippen LogP) is 3.46. The van der Waals surface area contributed by atoms with Gasteiger partial charge in [0.25, 0.3) is 0 Å². The number of likely N-dealkylation sites (N-methyl/N-ethyl adjacent to an activating group) is 1. The van der Waals surface area contributed by atoms with Crippen LogP contribution in [-0.4, -0.2) is 50.1 Å². The van der Waals surface area contributed by atoms with Crippen molar-refractivity contribution < 1.29 is 23.7 Å². The second-order valence-corrected chi connectivity index (χ2v) is 7.21. The van der Waals surface area contributed by atoms with Gasteiger partial charge in [-0.15, -0.1) is 0 Å². The number of carbonyl (C=O) groups is 1. The fourth-order valence-electron chi connectivity index (χ4n) is 2.44. The van der Waals surface area contributed by atoms with E-state index >= 15 is 0 Å². The number of esters is 1. The molecule has 0 saturated heterocycles. The van der Waals surface area contributed by atoms with Crippen molar-refractivity contribution >= 4 is 5.97 Å². The highest BCUT2D eigenvalue weighted by Gasteiger charge is 2.33. The Hall–Kier alpha value is -1.89. The quantitative estimate of drug-likeness (QED) is 0.386. The van der Waals surface area contributed by atoms with Crippen LogP contribution in [0, 0.1) is 0 Å². The second-order valence-electron chi connectivity index (χ2n) is 7.21. The van der Waals surface area contributed by atoms with Gasteiger partial charge < -0.3 is 24.3 Å². The van der Waals surface area contributed by atoms with E-state index in [1.54, 1.807) is 13.8 Å². The molecule has 0 radical (unpaired) electrons. The van der Waals surface area contributed by atoms with Crippen LogP contribution in [0.25, 0.3) is 0 Å². The average molecular weight is 394 g/mol. The monoisotopic (exact) mass is 393 g/mol. The van der Waals surface area contributed by atoms with Gasteiger partial charge in [0.1, 0.15) is 13.2 Å². The minimum Gasteiger partial charge on any atom is -0.497 e. The zero-order valence-corrected chi connectivity index (χ0v) is 17.8. The number of ether oxygens (including phenoxy) is 4. The molecule has 0 amide bonds. The molecular formula is C22H35NO5. The zero-order chi connectivity index (χ0) is 21.0. The molecule has 0 fully saturated rings. The first kappa shape index (κ1) is 24.1. The van der Waals surface area contributed by atoms with Crippen molar-refractivity contribution in [2.24, 2.45) is 0 Å². The van der Waals surface area contributed by atoms with Crippen LogP contribution in [0.3, 0.4) is 0 Å². The summed E-state index contributed by atoms with van der Waals surface area (Å²) in [4.78, 5) is 12.3. The van der Waals surface area contributed by atoms with E-state index in [1.807, 2.05) is 51.1 Å². The van der Waals surface area contributed by atoms with Gasteiger partial charge in [-0.25, -0.2) is 4.79 Å². The Labute approximate surface area is 169 Å². The number of benzene rings is 1. The largest absolute Gasteiger partial charge is 0.497 e. The topological polar surface area (TPSA) is 66.0 Å². The maximum Gasteiger partial charge on any atom is 0.335 e. The predicted molar refractivity (Wildman–Crippen MR) is 110 cm³/mol. The molecule has 6 nitrogen and oxygen atoms in total. The highest BCUT2D eigenvalue weighted by molar-refractivity contribution is 5.74. The molecule has 1 N–H and O–H groups in total. The first-order valence-corrected chi connectivity index (χ1v) is 9.75. The first-order chi connectivity index (χ1) is 13.3. The Kier molecular flexibility index (Phi) is 10.8. The van der Waals surface area contributed by atoms with E-state index in [2.05, 4.69) is 11.9 Å². The summed E-state index contributed by atoms with van der Waals surface area (Å²) in [5.74, 6) is 0.210. The fraction of sp³-hybridized carbons (Fsp3) is 0.591. The summed E-state index contributed by atoms with van der Waals surface area (Å²) in [6.45, 7) is 15.1. The summed E-state index contributed by atoms with van der Waals surface area (Å²) in [7, 11) is 0. The highest BCUT2D eigenvalue weighted by atomic mass is 16.6. The molecule has 0 aromatic heterocycles. The lowest BCUT2D eigenvalue weighted by Crippen LogP contribution is -2.57. The van der Waals surface area contributed by atoms with Gasteiger partial charge in [-0.1, -0.05) is 43.8 Å². The molecule has 0 aliphatic heterocycles. The van der Waals surface area contributed by atoms with Gasteiger partial charge in [0, 0.05) is 0 Å². The summed E-state index contributed by atoms with van der Waals surface area (Å²) in [6.07, 6.45) is -0.637.